The Bertz CT molecular complexity index is 1620. The zero-order valence-corrected chi connectivity index (χ0v) is 19.6. The first-order valence-electron chi connectivity index (χ1n) is 11.5. The standard InChI is InChI=1S/C26H22FN7O2/c1-15-25-19(18-8-4-6-10-21(18)36-14-17-7-3-5-9-20(17)27)13-24(35)28-26(25)34(31-15)23-12-11-22-30-29-16(2)33(22)32-23/h3-12,19H,13-14H2,1-2H3,(H,28,35). The zero-order chi connectivity index (χ0) is 24.8. The number of fused-ring (bicyclic) bond motifs is 2. The highest BCUT2D eigenvalue weighted by molar-refractivity contribution is 5.95. The van der Waals surface area contributed by atoms with Crippen molar-refractivity contribution in [1.82, 2.24) is 29.6 Å². The van der Waals surface area contributed by atoms with Crippen molar-refractivity contribution in [1.29, 1.82) is 0 Å². The lowest BCUT2D eigenvalue weighted by atomic mass is 9.85. The molecular weight excluding hydrogens is 461 g/mol. The molecule has 1 amide bonds. The van der Waals surface area contributed by atoms with Crippen LogP contribution >= 0.6 is 0 Å². The van der Waals surface area contributed by atoms with E-state index in [1.54, 1.807) is 39.5 Å². The second kappa shape index (κ2) is 8.56. The minimum Gasteiger partial charge on any atom is -0.488 e. The van der Waals surface area contributed by atoms with Gasteiger partial charge in [-0.2, -0.15) is 14.3 Å². The minimum atomic E-state index is -0.320. The van der Waals surface area contributed by atoms with Crippen LogP contribution in [0.3, 0.4) is 0 Å². The molecule has 0 saturated heterocycles. The molecule has 0 spiro atoms. The van der Waals surface area contributed by atoms with E-state index in [9.17, 15) is 9.18 Å². The number of hydrogen-bond donors (Lipinski definition) is 1. The number of halogens is 1. The van der Waals surface area contributed by atoms with Crippen LogP contribution in [-0.4, -0.2) is 35.5 Å². The largest absolute Gasteiger partial charge is 0.488 e. The summed E-state index contributed by atoms with van der Waals surface area (Å²) < 4.78 is 23.5. The van der Waals surface area contributed by atoms with E-state index in [1.165, 1.54) is 6.07 Å². The minimum absolute atomic E-state index is 0.0793. The highest BCUT2D eigenvalue weighted by atomic mass is 19.1. The SMILES string of the molecule is Cc1nn(-c2ccc3nnc(C)n3n2)c2c1C(c1ccccc1OCc1ccccc1F)CC(=O)N2. The molecule has 2 aromatic carbocycles. The van der Waals surface area contributed by atoms with Crippen molar-refractivity contribution in [3.8, 4) is 11.6 Å². The van der Waals surface area contributed by atoms with Gasteiger partial charge in [0.15, 0.2) is 17.3 Å². The van der Waals surface area contributed by atoms with E-state index in [1.807, 2.05) is 38.1 Å². The third-order valence-corrected chi connectivity index (χ3v) is 6.36. The normalized spacial score (nSPS) is 15.1. The molecule has 0 saturated carbocycles. The van der Waals surface area contributed by atoms with Gasteiger partial charge in [0.2, 0.25) is 5.91 Å². The number of amides is 1. The lowest BCUT2D eigenvalue weighted by Gasteiger charge is -2.26. The molecule has 6 rings (SSSR count). The molecule has 1 unspecified atom stereocenters. The maximum atomic E-state index is 14.2. The monoisotopic (exact) mass is 483 g/mol. The van der Waals surface area contributed by atoms with E-state index in [-0.39, 0.29) is 30.7 Å². The Morgan fingerprint density at radius 3 is 2.69 bits per heavy atom. The number of aryl methyl sites for hydroxylation is 2. The van der Waals surface area contributed by atoms with Crippen LogP contribution < -0.4 is 10.1 Å². The predicted molar refractivity (Wildman–Crippen MR) is 130 cm³/mol. The van der Waals surface area contributed by atoms with Gasteiger partial charge < -0.3 is 10.1 Å². The maximum absolute atomic E-state index is 14.2. The average molecular weight is 484 g/mol. The molecule has 0 aliphatic carbocycles. The highest BCUT2D eigenvalue weighted by Gasteiger charge is 2.34. The van der Waals surface area contributed by atoms with Gasteiger partial charge in [-0.1, -0.05) is 36.4 Å². The van der Waals surface area contributed by atoms with Gasteiger partial charge >= 0.3 is 0 Å². The van der Waals surface area contributed by atoms with Crippen LogP contribution in [0, 0.1) is 19.7 Å². The lowest BCUT2D eigenvalue weighted by Crippen LogP contribution is -2.25. The van der Waals surface area contributed by atoms with Crippen molar-refractivity contribution in [2.45, 2.75) is 32.8 Å². The number of nitrogens with one attached hydrogen (secondary N) is 1. The number of carbonyl (C=O) groups is 1. The molecule has 180 valence electrons. The van der Waals surface area contributed by atoms with Crippen molar-refractivity contribution in [2.24, 2.45) is 0 Å². The maximum Gasteiger partial charge on any atom is 0.226 e. The Morgan fingerprint density at radius 1 is 1.03 bits per heavy atom. The molecule has 1 aliphatic rings. The summed E-state index contributed by atoms with van der Waals surface area (Å²) in [4.78, 5) is 12.9. The first-order chi connectivity index (χ1) is 17.5. The van der Waals surface area contributed by atoms with E-state index >= 15 is 0 Å². The topological polar surface area (TPSA) is 99.2 Å². The second-order valence-corrected chi connectivity index (χ2v) is 8.69. The third-order valence-electron chi connectivity index (χ3n) is 6.36. The van der Waals surface area contributed by atoms with Crippen molar-refractivity contribution in [3.63, 3.8) is 0 Å². The molecule has 10 heteroatoms. The third kappa shape index (κ3) is 3.67. The van der Waals surface area contributed by atoms with Crippen LogP contribution in [-0.2, 0) is 11.4 Å². The van der Waals surface area contributed by atoms with Gasteiger partial charge in [0.1, 0.15) is 24.0 Å². The van der Waals surface area contributed by atoms with Crippen molar-refractivity contribution in [2.75, 3.05) is 5.32 Å². The smallest absolute Gasteiger partial charge is 0.226 e. The van der Waals surface area contributed by atoms with Gasteiger partial charge in [0.05, 0.1) is 5.69 Å². The molecule has 5 aromatic rings. The first kappa shape index (κ1) is 21.9. The second-order valence-electron chi connectivity index (χ2n) is 8.69. The molecule has 9 nitrogen and oxygen atoms in total. The Kier molecular flexibility index (Phi) is 5.21. The van der Waals surface area contributed by atoms with E-state index < -0.39 is 0 Å². The number of nitrogens with zero attached hydrogens (tertiary/aromatic N) is 6. The van der Waals surface area contributed by atoms with Crippen LogP contribution in [0.4, 0.5) is 10.2 Å². The molecule has 1 N–H and O–H groups in total. The van der Waals surface area contributed by atoms with Crippen molar-refractivity contribution >= 4 is 17.4 Å². The van der Waals surface area contributed by atoms with Gasteiger partial charge in [-0.15, -0.1) is 15.3 Å². The van der Waals surface area contributed by atoms with Gasteiger partial charge in [-0.25, -0.2) is 4.39 Å². The molecule has 36 heavy (non-hydrogen) atoms. The average Bonchev–Trinajstić information content (AvgIpc) is 3.42. The number of para-hydroxylation sites is 1. The van der Waals surface area contributed by atoms with E-state index in [4.69, 9.17) is 9.84 Å². The summed E-state index contributed by atoms with van der Waals surface area (Å²) in [7, 11) is 0. The molecule has 0 radical (unpaired) electrons. The number of carbonyl (C=O) groups excluding carboxylic acids is 1. The Balaban J connectivity index is 1.41. The first-order valence-corrected chi connectivity index (χ1v) is 11.5. The summed E-state index contributed by atoms with van der Waals surface area (Å²) in [5.74, 6) is 1.58. The summed E-state index contributed by atoms with van der Waals surface area (Å²) in [5, 5.41) is 20.5. The fraction of sp³-hybridized carbons (Fsp3) is 0.192. The van der Waals surface area contributed by atoms with E-state index in [2.05, 4.69) is 20.6 Å². The fourth-order valence-corrected chi connectivity index (χ4v) is 4.65. The van der Waals surface area contributed by atoms with Gasteiger partial charge in [0, 0.05) is 29.0 Å². The molecule has 1 atom stereocenters. The molecule has 0 bridgehead atoms. The van der Waals surface area contributed by atoms with Crippen LogP contribution in [0.15, 0.2) is 60.7 Å². The number of anilines is 1. The summed E-state index contributed by atoms with van der Waals surface area (Å²) in [5.41, 5.74) is 3.58. The van der Waals surface area contributed by atoms with Gasteiger partial charge in [0.25, 0.3) is 0 Å². The molecule has 3 aromatic heterocycles. The Morgan fingerprint density at radius 2 is 1.83 bits per heavy atom. The van der Waals surface area contributed by atoms with Crippen molar-refractivity contribution < 1.29 is 13.9 Å². The Hall–Kier alpha value is -4.60. The van der Waals surface area contributed by atoms with Crippen molar-refractivity contribution in [3.05, 3.63) is 94.7 Å². The lowest BCUT2D eigenvalue weighted by molar-refractivity contribution is -0.116. The summed E-state index contributed by atoms with van der Waals surface area (Å²) >= 11 is 0. The molecular formula is C26H22FN7O2. The van der Waals surface area contributed by atoms with E-state index in [0.29, 0.717) is 34.4 Å². The quantitative estimate of drug-likeness (QED) is 0.404. The summed E-state index contributed by atoms with van der Waals surface area (Å²) in [6.07, 6.45) is 0.233. The number of rotatable bonds is 5. The Labute approximate surface area is 205 Å². The fourth-order valence-electron chi connectivity index (χ4n) is 4.65. The number of benzene rings is 2. The number of ether oxygens (including phenoxy) is 1. The zero-order valence-electron chi connectivity index (χ0n) is 19.6. The molecule has 1 aliphatic heterocycles. The molecule has 0 fully saturated rings. The number of hydrogen-bond acceptors (Lipinski definition) is 6. The summed E-state index contributed by atoms with van der Waals surface area (Å²) in [6, 6.07) is 17.7. The van der Waals surface area contributed by atoms with E-state index in [0.717, 1.165) is 16.8 Å². The van der Waals surface area contributed by atoms with Gasteiger partial charge in [-0.05, 0) is 38.1 Å². The van der Waals surface area contributed by atoms with Crippen LogP contribution in [0.2, 0.25) is 0 Å². The van der Waals surface area contributed by atoms with Crippen LogP contribution in [0.1, 0.15) is 40.5 Å². The number of aromatic nitrogens is 6. The predicted octanol–water partition coefficient (Wildman–Crippen LogP) is 4.12. The highest BCUT2D eigenvalue weighted by Crippen LogP contribution is 2.43. The van der Waals surface area contributed by atoms with Crippen LogP contribution in [0.25, 0.3) is 11.5 Å². The van der Waals surface area contributed by atoms with Gasteiger partial charge in [-0.3, -0.25) is 4.79 Å². The van der Waals surface area contributed by atoms with Crippen LogP contribution in [0.5, 0.6) is 5.75 Å². The summed E-state index contributed by atoms with van der Waals surface area (Å²) in [6.45, 7) is 3.80. The molecule has 4 heterocycles.